The molecule has 0 spiro atoms. The maximum Gasteiger partial charge on any atom is 0.104 e. The van der Waals surface area contributed by atoms with Crippen molar-refractivity contribution < 1.29 is 37.9 Å². The molecular weight excluding hydrogens is 344 g/mol. The van der Waals surface area contributed by atoms with Gasteiger partial charge in [0.25, 0.3) is 0 Å². The third kappa shape index (κ3) is 10.7. The molecule has 4 heterocycles. The minimum Gasteiger partial charge on any atom is -0.376 e. The number of hydrogen-bond donors (Lipinski definition) is 0. The fraction of sp³-hybridized carbons (Fsp3) is 1.00. The molecule has 6 unspecified atom stereocenters. The van der Waals surface area contributed by atoms with E-state index in [1.165, 1.54) is 0 Å². The number of epoxide rings is 4. The van der Waals surface area contributed by atoms with Crippen LogP contribution >= 0.6 is 0 Å². The Bertz CT molecular complexity index is 343. The lowest BCUT2D eigenvalue weighted by molar-refractivity contribution is -0.0146. The first-order chi connectivity index (χ1) is 12.7. The van der Waals surface area contributed by atoms with Crippen LogP contribution in [0.1, 0.15) is 13.8 Å². The van der Waals surface area contributed by atoms with Gasteiger partial charge in [0.2, 0.25) is 0 Å². The van der Waals surface area contributed by atoms with Crippen LogP contribution in [0.4, 0.5) is 0 Å². The van der Waals surface area contributed by atoms with Crippen molar-refractivity contribution in [2.75, 3.05) is 66.1 Å². The molecule has 4 saturated heterocycles. The van der Waals surface area contributed by atoms with E-state index in [0.717, 1.165) is 26.4 Å². The Kier molecular flexibility index (Phi) is 8.54. The first-order valence-corrected chi connectivity index (χ1v) is 9.54. The smallest absolute Gasteiger partial charge is 0.104 e. The van der Waals surface area contributed by atoms with E-state index in [0.29, 0.717) is 64.1 Å². The lowest BCUT2D eigenvalue weighted by Gasteiger charge is -2.11. The molecule has 8 heteroatoms. The van der Waals surface area contributed by atoms with Crippen LogP contribution in [-0.2, 0) is 37.9 Å². The zero-order valence-corrected chi connectivity index (χ0v) is 15.8. The summed E-state index contributed by atoms with van der Waals surface area (Å²) in [6.07, 6.45) is 1.69. The third-order valence-electron chi connectivity index (χ3n) is 4.06. The Hall–Kier alpha value is -0.320. The van der Waals surface area contributed by atoms with Crippen molar-refractivity contribution in [2.24, 2.45) is 0 Å². The summed E-state index contributed by atoms with van der Waals surface area (Å²) in [6, 6.07) is 0. The van der Waals surface area contributed by atoms with E-state index < -0.39 is 0 Å². The molecule has 0 saturated carbocycles. The minimum atomic E-state index is 0.156. The Morgan fingerprint density at radius 2 is 0.923 bits per heavy atom. The lowest BCUT2D eigenvalue weighted by Crippen LogP contribution is -2.19. The molecule has 152 valence electrons. The van der Waals surface area contributed by atoms with E-state index in [1.54, 1.807) is 0 Å². The quantitative estimate of drug-likeness (QED) is 0.403. The predicted molar refractivity (Wildman–Crippen MR) is 91.4 cm³/mol. The van der Waals surface area contributed by atoms with Crippen molar-refractivity contribution in [3.8, 4) is 0 Å². The molecule has 4 aliphatic heterocycles. The Morgan fingerprint density at radius 1 is 0.615 bits per heavy atom. The van der Waals surface area contributed by atoms with Crippen LogP contribution in [-0.4, -0.2) is 103 Å². The highest BCUT2D eigenvalue weighted by Crippen LogP contribution is 2.12. The fourth-order valence-corrected chi connectivity index (χ4v) is 2.03. The second-order valence-electron chi connectivity index (χ2n) is 7.18. The molecule has 26 heavy (non-hydrogen) atoms. The average Bonchev–Trinajstić information content (AvgIpc) is 3.48. The van der Waals surface area contributed by atoms with Crippen LogP contribution in [0.2, 0.25) is 0 Å². The molecule has 0 aromatic carbocycles. The van der Waals surface area contributed by atoms with Crippen LogP contribution in [0.5, 0.6) is 0 Å². The normalized spacial score (nSPS) is 33.0. The third-order valence-corrected chi connectivity index (χ3v) is 4.06. The van der Waals surface area contributed by atoms with Crippen LogP contribution in [0.25, 0.3) is 0 Å². The van der Waals surface area contributed by atoms with E-state index in [1.807, 2.05) is 13.8 Å². The van der Waals surface area contributed by atoms with Crippen molar-refractivity contribution in [2.45, 2.75) is 50.5 Å². The monoisotopic (exact) mass is 376 g/mol. The van der Waals surface area contributed by atoms with Crippen molar-refractivity contribution in [3.05, 3.63) is 0 Å². The fourth-order valence-electron chi connectivity index (χ4n) is 2.03. The van der Waals surface area contributed by atoms with Gasteiger partial charge in [-0.3, -0.25) is 0 Å². The van der Waals surface area contributed by atoms with Gasteiger partial charge in [-0.05, 0) is 13.8 Å². The Balaban J connectivity index is 0.000000151. The molecule has 0 N–H and O–H groups in total. The minimum absolute atomic E-state index is 0.156. The van der Waals surface area contributed by atoms with Crippen LogP contribution in [0.15, 0.2) is 0 Å². The number of ether oxygens (including phenoxy) is 8. The van der Waals surface area contributed by atoms with Gasteiger partial charge in [0.05, 0.1) is 78.3 Å². The Morgan fingerprint density at radius 3 is 1.23 bits per heavy atom. The first-order valence-electron chi connectivity index (χ1n) is 9.54. The van der Waals surface area contributed by atoms with Crippen LogP contribution < -0.4 is 0 Å². The Labute approximate surface area is 155 Å². The van der Waals surface area contributed by atoms with Crippen molar-refractivity contribution in [3.63, 3.8) is 0 Å². The molecule has 8 nitrogen and oxygen atoms in total. The van der Waals surface area contributed by atoms with E-state index in [-0.39, 0.29) is 12.2 Å². The summed E-state index contributed by atoms with van der Waals surface area (Å²) in [6.45, 7) is 11.5. The largest absolute Gasteiger partial charge is 0.376 e. The van der Waals surface area contributed by atoms with E-state index in [2.05, 4.69) is 0 Å². The SMILES string of the molecule is CC(COCC1CO1)OCC1CO1.CC(COCC1CO1)OCC1CO1. The maximum absolute atomic E-state index is 5.48. The summed E-state index contributed by atoms with van der Waals surface area (Å²) in [5.74, 6) is 0. The zero-order valence-electron chi connectivity index (χ0n) is 15.8. The number of hydrogen-bond acceptors (Lipinski definition) is 8. The summed E-state index contributed by atoms with van der Waals surface area (Å²) in [5, 5.41) is 0. The molecule has 4 aliphatic rings. The standard InChI is InChI=1S/2C9H16O4/c2*1-7(11-4-9-6-13-9)2-10-3-8-5-12-8/h2*7-9H,2-6H2,1H3. The van der Waals surface area contributed by atoms with Gasteiger partial charge in [0.1, 0.15) is 24.4 Å². The van der Waals surface area contributed by atoms with Gasteiger partial charge < -0.3 is 37.9 Å². The van der Waals surface area contributed by atoms with Crippen LogP contribution in [0.3, 0.4) is 0 Å². The van der Waals surface area contributed by atoms with Gasteiger partial charge >= 0.3 is 0 Å². The van der Waals surface area contributed by atoms with E-state index >= 15 is 0 Å². The highest BCUT2D eigenvalue weighted by Gasteiger charge is 2.25. The van der Waals surface area contributed by atoms with Crippen molar-refractivity contribution in [1.82, 2.24) is 0 Å². The molecule has 0 aromatic heterocycles. The van der Waals surface area contributed by atoms with Crippen LogP contribution in [0, 0.1) is 0 Å². The second-order valence-corrected chi connectivity index (χ2v) is 7.18. The van der Waals surface area contributed by atoms with Gasteiger partial charge in [-0.1, -0.05) is 0 Å². The molecule has 6 atom stereocenters. The topological polar surface area (TPSA) is 87.0 Å². The highest BCUT2D eigenvalue weighted by molar-refractivity contribution is 4.70. The first kappa shape index (κ1) is 20.4. The molecule has 0 bridgehead atoms. The van der Waals surface area contributed by atoms with Crippen molar-refractivity contribution in [1.29, 1.82) is 0 Å². The summed E-state index contributed by atoms with van der Waals surface area (Å²) < 4.78 is 41.8. The molecule has 4 fully saturated rings. The number of rotatable bonds is 14. The zero-order chi connectivity index (χ0) is 18.2. The molecule has 0 radical (unpaired) electrons. The highest BCUT2D eigenvalue weighted by atomic mass is 16.6. The second kappa shape index (κ2) is 10.9. The molecular formula is C18H32O8. The van der Waals surface area contributed by atoms with Gasteiger partial charge in [0.15, 0.2) is 0 Å². The van der Waals surface area contributed by atoms with Crippen molar-refractivity contribution >= 4 is 0 Å². The molecule has 0 aliphatic carbocycles. The summed E-state index contributed by atoms with van der Waals surface area (Å²) in [7, 11) is 0. The average molecular weight is 376 g/mol. The molecule has 0 amide bonds. The molecule has 4 rings (SSSR count). The summed E-state index contributed by atoms with van der Waals surface area (Å²) in [4.78, 5) is 0. The molecule has 0 aromatic rings. The summed E-state index contributed by atoms with van der Waals surface area (Å²) in [5.41, 5.74) is 0. The van der Waals surface area contributed by atoms with Gasteiger partial charge in [-0.25, -0.2) is 0 Å². The predicted octanol–water partition coefficient (Wildman–Crippen LogP) is 0.411. The van der Waals surface area contributed by atoms with Gasteiger partial charge in [-0.2, -0.15) is 0 Å². The van der Waals surface area contributed by atoms with E-state index in [9.17, 15) is 0 Å². The van der Waals surface area contributed by atoms with Gasteiger partial charge in [-0.15, -0.1) is 0 Å². The van der Waals surface area contributed by atoms with E-state index in [4.69, 9.17) is 37.9 Å². The maximum atomic E-state index is 5.48. The summed E-state index contributed by atoms with van der Waals surface area (Å²) >= 11 is 0. The lowest BCUT2D eigenvalue weighted by atomic mass is 10.4. The van der Waals surface area contributed by atoms with Gasteiger partial charge in [0, 0.05) is 0 Å².